The maximum Gasteiger partial charge on any atom is 0.261 e. The first-order chi connectivity index (χ1) is 16.9. The molecule has 184 valence electrons. The fourth-order valence-corrected chi connectivity index (χ4v) is 4.38. The summed E-state index contributed by atoms with van der Waals surface area (Å²) in [6.07, 6.45) is 1.16. The van der Waals surface area contributed by atoms with Crippen LogP contribution in [0.5, 0.6) is 5.75 Å². The van der Waals surface area contributed by atoms with Crippen molar-refractivity contribution in [1.29, 1.82) is 0 Å². The Morgan fingerprint density at radius 1 is 1.00 bits per heavy atom. The fraction of sp³-hybridized carbons (Fsp3) is 0.259. The van der Waals surface area contributed by atoms with Gasteiger partial charge in [-0.2, -0.15) is 0 Å². The van der Waals surface area contributed by atoms with E-state index in [1.807, 2.05) is 49.4 Å². The number of rotatable bonds is 11. The molecular weight excluding hydrogens is 551 g/mol. The average Bonchev–Trinajstić information content (AvgIpc) is 2.85. The minimum atomic E-state index is -0.726. The quantitative estimate of drug-likeness (QED) is 0.291. The monoisotopic (exact) mass is 576 g/mol. The summed E-state index contributed by atoms with van der Waals surface area (Å²) in [5.74, 6) is -0.143. The highest BCUT2D eigenvalue weighted by Gasteiger charge is 2.30. The molecule has 8 heteroatoms. The molecule has 0 unspecified atom stereocenters. The maximum atomic E-state index is 13.5. The van der Waals surface area contributed by atoms with Gasteiger partial charge in [-0.3, -0.25) is 9.59 Å². The number of nitrogens with zero attached hydrogens (tertiary/aromatic N) is 1. The first-order valence-corrected chi connectivity index (χ1v) is 12.9. The lowest BCUT2D eigenvalue weighted by Crippen LogP contribution is -2.51. The molecule has 3 aromatic carbocycles. The van der Waals surface area contributed by atoms with Gasteiger partial charge >= 0.3 is 0 Å². The van der Waals surface area contributed by atoms with E-state index in [0.29, 0.717) is 28.8 Å². The molecule has 0 radical (unpaired) electrons. The van der Waals surface area contributed by atoms with Crippen molar-refractivity contribution in [2.45, 2.75) is 32.4 Å². The zero-order valence-corrected chi connectivity index (χ0v) is 22.4. The maximum absolute atomic E-state index is 13.5. The first kappa shape index (κ1) is 27.1. The Kier molecular flexibility index (Phi) is 10.5. The summed E-state index contributed by atoms with van der Waals surface area (Å²) in [6.45, 7) is 2.47. The highest BCUT2D eigenvalue weighted by Crippen LogP contribution is 2.28. The standard InChI is InChI=1S/C27H27BrCl2N2O3/c1-2-14-31-27(34)24(15-19-6-4-3-5-7-19)32(17-20-8-11-22(29)12-9-20)26(33)18-35-25-13-10-21(28)16-23(25)30/h3-13,16,24H,2,14-15,17-18H2,1H3,(H,31,34)/t24-/m0/s1. The number of ether oxygens (including phenoxy) is 1. The number of nitrogens with one attached hydrogen (secondary N) is 1. The molecule has 1 N–H and O–H groups in total. The molecule has 0 aliphatic heterocycles. The van der Waals surface area contributed by atoms with Crippen LogP contribution in [-0.4, -0.2) is 35.9 Å². The molecule has 0 saturated heterocycles. The van der Waals surface area contributed by atoms with Gasteiger partial charge in [0.25, 0.3) is 5.91 Å². The first-order valence-electron chi connectivity index (χ1n) is 11.3. The van der Waals surface area contributed by atoms with E-state index in [2.05, 4.69) is 21.2 Å². The van der Waals surface area contributed by atoms with Crippen LogP contribution in [0.25, 0.3) is 0 Å². The molecule has 3 aromatic rings. The topological polar surface area (TPSA) is 58.6 Å². The van der Waals surface area contributed by atoms with Gasteiger partial charge in [0.1, 0.15) is 11.8 Å². The summed E-state index contributed by atoms with van der Waals surface area (Å²) in [5.41, 5.74) is 1.81. The van der Waals surface area contributed by atoms with Gasteiger partial charge in [-0.05, 0) is 47.9 Å². The summed E-state index contributed by atoms with van der Waals surface area (Å²) in [5, 5.41) is 3.94. The Balaban J connectivity index is 1.89. The average molecular weight is 578 g/mol. The van der Waals surface area contributed by atoms with Crippen molar-refractivity contribution in [2.75, 3.05) is 13.2 Å². The lowest BCUT2D eigenvalue weighted by Gasteiger charge is -2.31. The third kappa shape index (κ3) is 8.27. The molecule has 2 amide bonds. The molecule has 0 aromatic heterocycles. The molecule has 0 spiro atoms. The van der Waals surface area contributed by atoms with Crippen LogP contribution in [-0.2, 0) is 22.6 Å². The third-order valence-electron chi connectivity index (χ3n) is 5.33. The van der Waals surface area contributed by atoms with Crippen LogP contribution in [0, 0.1) is 0 Å². The van der Waals surface area contributed by atoms with Crippen molar-refractivity contribution >= 4 is 50.9 Å². The number of carbonyl (C=O) groups excluding carboxylic acids is 2. The summed E-state index contributed by atoms with van der Waals surface area (Å²) >= 11 is 15.7. The Bertz CT molecular complexity index is 1130. The molecule has 0 saturated carbocycles. The number of amides is 2. The molecule has 0 heterocycles. The van der Waals surface area contributed by atoms with Crippen LogP contribution in [0.4, 0.5) is 0 Å². The van der Waals surface area contributed by atoms with Gasteiger partial charge in [-0.25, -0.2) is 0 Å². The van der Waals surface area contributed by atoms with Crippen LogP contribution < -0.4 is 10.1 Å². The van der Waals surface area contributed by atoms with Crippen molar-refractivity contribution < 1.29 is 14.3 Å². The predicted octanol–water partition coefficient (Wildman–Crippen LogP) is 6.30. The Hall–Kier alpha value is -2.54. The second kappa shape index (κ2) is 13.5. The Morgan fingerprint density at radius 3 is 2.37 bits per heavy atom. The van der Waals surface area contributed by atoms with Gasteiger partial charge in [0.05, 0.1) is 5.02 Å². The van der Waals surface area contributed by atoms with Crippen molar-refractivity contribution in [2.24, 2.45) is 0 Å². The fourth-order valence-electron chi connectivity index (χ4n) is 3.52. The lowest BCUT2D eigenvalue weighted by atomic mass is 10.0. The largest absolute Gasteiger partial charge is 0.482 e. The molecule has 0 aliphatic carbocycles. The molecule has 0 aliphatic rings. The smallest absolute Gasteiger partial charge is 0.261 e. The molecule has 3 rings (SSSR count). The van der Waals surface area contributed by atoms with E-state index in [1.54, 1.807) is 35.2 Å². The van der Waals surface area contributed by atoms with Crippen molar-refractivity contribution in [3.63, 3.8) is 0 Å². The number of benzene rings is 3. The van der Waals surface area contributed by atoms with Crippen LogP contribution in [0.2, 0.25) is 10.0 Å². The molecule has 0 bridgehead atoms. The van der Waals surface area contributed by atoms with Gasteiger partial charge in [0, 0.05) is 29.0 Å². The number of carbonyl (C=O) groups is 2. The number of hydrogen-bond donors (Lipinski definition) is 1. The SMILES string of the molecule is CCCNC(=O)[C@H](Cc1ccccc1)N(Cc1ccc(Cl)cc1)C(=O)COc1ccc(Br)cc1Cl. The van der Waals surface area contributed by atoms with Crippen molar-refractivity contribution in [1.82, 2.24) is 10.2 Å². The zero-order valence-electron chi connectivity index (χ0n) is 19.3. The minimum Gasteiger partial charge on any atom is -0.482 e. The van der Waals surface area contributed by atoms with Crippen molar-refractivity contribution in [3.05, 3.63) is 98.4 Å². The van der Waals surface area contributed by atoms with E-state index in [9.17, 15) is 9.59 Å². The van der Waals surface area contributed by atoms with Gasteiger partial charge in [0.15, 0.2) is 6.61 Å². The summed E-state index contributed by atoms with van der Waals surface area (Å²) < 4.78 is 6.56. The Labute approximate surface area is 224 Å². The van der Waals surface area contributed by atoms with E-state index in [0.717, 1.165) is 22.0 Å². The van der Waals surface area contributed by atoms with E-state index in [4.69, 9.17) is 27.9 Å². The van der Waals surface area contributed by atoms with Crippen molar-refractivity contribution in [3.8, 4) is 5.75 Å². The molecule has 1 atom stereocenters. The predicted molar refractivity (Wildman–Crippen MR) is 144 cm³/mol. The van der Waals surface area contributed by atoms with E-state index >= 15 is 0 Å². The molecule has 5 nitrogen and oxygen atoms in total. The van der Waals surface area contributed by atoms with Gasteiger partial charge in [-0.15, -0.1) is 0 Å². The van der Waals surface area contributed by atoms with Crippen LogP contribution in [0.15, 0.2) is 77.3 Å². The zero-order chi connectivity index (χ0) is 25.2. The van der Waals surface area contributed by atoms with Crippen LogP contribution in [0.1, 0.15) is 24.5 Å². The number of halogens is 3. The molecule has 0 fully saturated rings. The highest BCUT2D eigenvalue weighted by atomic mass is 79.9. The normalized spacial score (nSPS) is 11.5. The second-order valence-corrected chi connectivity index (χ2v) is 9.77. The van der Waals surface area contributed by atoms with Crippen LogP contribution >= 0.6 is 39.1 Å². The van der Waals surface area contributed by atoms with Crippen LogP contribution in [0.3, 0.4) is 0 Å². The highest BCUT2D eigenvalue weighted by molar-refractivity contribution is 9.10. The second-order valence-electron chi connectivity index (χ2n) is 8.01. The van der Waals surface area contributed by atoms with Gasteiger partial charge in [-0.1, -0.05) is 88.5 Å². The molecular formula is C27H27BrCl2N2O3. The Morgan fingerprint density at radius 2 is 1.71 bits per heavy atom. The van der Waals surface area contributed by atoms with E-state index < -0.39 is 6.04 Å². The summed E-state index contributed by atoms with van der Waals surface area (Å²) in [6, 6.07) is 21.3. The summed E-state index contributed by atoms with van der Waals surface area (Å²) in [7, 11) is 0. The summed E-state index contributed by atoms with van der Waals surface area (Å²) in [4.78, 5) is 28.4. The van der Waals surface area contributed by atoms with E-state index in [1.165, 1.54) is 0 Å². The van der Waals surface area contributed by atoms with Gasteiger partial charge < -0.3 is 15.0 Å². The minimum absolute atomic E-state index is 0.209. The number of hydrogen-bond acceptors (Lipinski definition) is 3. The third-order valence-corrected chi connectivity index (χ3v) is 6.37. The lowest BCUT2D eigenvalue weighted by molar-refractivity contribution is -0.142. The van der Waals surface area contributed by atoms with Gasteiger partial charge in [0.2, 0.25) is 5.91 Å². The molecule has 35 heavy (non-hydrogen) atoms. The van der Waals surface area contributed by atoms with E-state index in [-0.39, 0.29) is 25.0 Å².